The zero-order valence-corrected chi connectivity index (χ0v) is 14.9. The van der Waals surface area contributed by atoms with Crippen LogP contribution in [0.5, 0.6) is 11.5 Å². The number of rotatable bonds is 6. The molecule has 3 rings (SSSR count). The Morgan fingerprint density at radius 3 is 1.58 bits per heavy atom. The lowest BCUT2D eigenvalue weighted by molar-refractivity contribution is 0.399. The maximum atomic E-state index is 13.5. The van der Waals surface area contributed by atoms with Crippen molar-refractivity contribution in [1.82, 2.24) is 0 Å². The molecule has 24 heavy (non-hydrogen) atoms. The highest BCUT2D eigenvalue weighted by atomic mass is 32.2. The van der Waals surface area contributed by atoms with Gasteiger partial charge in [0.15, 0.2) is 0 Å². The van der Waals surface area contributed by atoms with Gasteiger partial charge < -0.3 is 9.05 Å². The highest BCUT2D eigenvalue weighted by Gasteiger charge is 2.31. The van der Waals surface area contributed by atoms with E-state index in [1.54, 1.807) is 48.2 Å². The van der Waals surface area contributed by atoms with Crippen molar-refractivity contribution in [2.75, 3.05) is 6.26 Å². The van der Waals surface area contributed by atoms with Crippen molar-refractivity contribution in [3.63, 3.8) is 0 Å². The molecule has 0 amide bonds. The van der Waals surface area contributed by atoms with Gasteiger partial charge in [-0.15, -0.1) is 11.8 Å². The van der Waals surface area contributed by atoms with Gasteiger partial charge in [-0.2, -0.15) is 0 Å². The van der Waals surface area contributed by atoms with Gasteiger partial charge in [0.2, 0.25) is 0 Å². The van der Waals surface area contributed by atoms with Crippen LogP contribution in [-0.2, 0) is 4.57 Å². The Kier molecular flexibility index (Phi) is 5.29. The van der Waals surface area contributed by atoms with Gasteiger partial charge in [-0.1, -0.05) is 36.4 Å². The minimum atomic E-state index is -3.56. The summed E-state index contributed by atoms with van der Waals surface area (Å²) < 4.78 is 25.1. The Bertz CT molecular complexity index is 775. The van der Waals surface area contributed by atoms with Gasteiger partial charge in [0.25, 0.3) is 0 Å². The first-order chi connectivity index (χ1) is 11.7. The number of benzene rings is 3. The molecule has 0 aliphatic carbocycles. The van der Waals surface area contributed by atoms with Gasteiger partial charge in [-0.3, -0.25) is 0 Å². The molecule has 3 aromatic rings. The Morgan fingerprint density at radius 2 is 1.17 bits per heavy atom. The predicted molar refractivity (Wildman–Crippen MR) is 99.6 cm³/mol. The SMILES string of the molecule is CSc1ccc(P(=O)(Oc2ccccc2)Oc2ccccc2)cc1. The van der Waals surface area contributed by atoms with Crippen molar-refractivity contribution in [2.45, 2.75) is 4.90 Å². The van der Waals surface area contributed by atoms with E-state index in [0.717, 1.165) is 4.90 Å². The minimum Gasteiger partial charge on any atom is -0.413 e. The largest absolute Gasteiger partial charge is 0.462 e. The molecule has 0 unspecified atom stereocenters. The van der Waals surface area contributed by atoms with E-state index in [4.69, 9.17) is 9.05 Å². The van der Waals surface area contributed by atoms with Crippen LogP contribution in [0.1, 0.15) is 0 Å². The summed E-state index contributed by atoms with van der Waals surface area (Å²) in [4.78, 5) is 1.09. The Hall–Kier alpha value is -2.16. The first-order valence-corrected chi connectivity index (χ1v) is 10.2. The standard InChI is InChI=1S/C19H17O3PS/c1-24-19-14-12-18(13-15-19)23(20,21-16-8-4-2-5-9-16)22-17-10-6-3-7-11-17/h2-15H,1H3. The van der Waals surface area contributed by atoms with Crippen LogP contribution in [0.15, 0.2) is 89.8 Å². The minimum absolute atomic E-state index is 0.505. The number of hydrogen-bond donors (Lipinski definition) is 0. The average molecular weight is 356 g/mol. The van der Waals surface area contributed by atoms with Crippen LogP contribution in [-0.4, -0.2) is 6.26 Å². The molecule has 0 saturated carbocycles. The lowest BCUT2D eigenvalue weighted by Gasteiger charge is -2.20. The second kappa shape index (κ2) is 7.61. The highest BCUT2D eigenvalue weighted by molar-refractivity contribution is 7.98. The molecule has 0 radical (unpaired) electrons. The average Bonchev–Trinajstić information content (AvgIpc) is 2.63. The van der Waals surface area contributed by atoms with Gasteiger partial charge in [0.05, 0.1) is 5.30 Å². The van der Waals surface area contributed by atoms with Crippen molar-refractivity contribution in [2.24, 2.45) is 0 Å². The van der Waals surface area contributed by atoms with Crippen LogP contribution in [0.3, 0.4) is 0 Å². The van der Waals surface area contributed by atoms with Crippen molar-refractivity contribution in [3.05, 3.63) is 84.9 Å². The number of para-hydroxylation sites is 2. The van der Waals surface area contributed by atoms with Crippen LogP contribution < -0.4 is 14.4 Å². The first-order valence-electron chi connectivity index (χ1n) is 7.43. The third kappa shape index (κ3) is 4.02. The quantitative estimate of drug-likeness (QED) is 0.438. The van der Waals surface area contributed by atoms with E-state index >= 15 is 0 Å². The zero-order valence-electron chi connectivity index (χ0n) is 13.2. The molecule has 0 fully saturated rings. The van der Waals surface area contributed by atoms with Gasteiger partial charge in [0, 0.05) is 4.90 Å². The van der Waals surface area contributed by atoms with Gasteiger partial charge in [-0.25, -0.2) is 4.57 Å². The summed E-state index contributed by atoms with van der Waals surface area (Å²) in [6.07, 6.45) is 2.00. The predicted octanol–water partition coefficient (Wildman–Crippen LogP) is 5.38. The van der Waals surface area contributed by atoms with Crippen LogP contribution >= 0.6 is 19.4 Å². The molecule has 0 aromatic heterocycles. The summed E-state index contributed by atoms with van der Waals surface area (Å²) in [5.41, 5.74) is 0. The fourth-order valence-corrected chi connectivity index (χ4v) is 4.10. The first kappa shape index (κ1) is 16.7. The molecule has 5 heteroatoms. The van der Waals surface area contributed by atoms with Crippen molar-refractivity contribution < 1.29 is 13.6 Å². The summed E-state index contributed by atoms with van der Waals surface area (Å²) >= 11 is 1.62. The van der Waals surface area contributed by atoms with Crippen LogP contribution in [0.2, 0.25) is 0 Å². The van der Waals surface area contributed by atoms with E-state index in [1.807, 2.05) is 54.8 Å². The highest BCUT2D eigenvalue weighted by Crippen LogP contribution is 2.47. The smallest absolute Gasteiger partial charge is 0.413 e. The van der Waals surface area contributed by atoms with E-state index in [9.17, 15) is 4.57 Å². The molecule has 0 atom stereocenters. The molecule has 3 nitrogen and oxygen atoms in total. The third-order valence-corrected chi connectivity index (χ3v) is 5.90. The normalized spacial score (nSPS) is 11.0. The Balaban J connectivity index is 1.97. The van der Waals surface area contributed by atoms with E-state index < -0.39 is 7.60 Å². The van der Waals surface area contributed by atoms with Crippen LogP contribution in [0.25, 0.3) is 0 Å². The lowest BCUT2D eigenvalue weighted by atomic mass is 10.3. The van der Waals surface area contributed by atoms with E-state index in [2.05, 4.69) is 0 Å². The van der Waals surface area contributed by atoms with E-state index in [-0.39, 0.29) is 0 Å². The monoisotopic (exact) mass is 356 g/mol. The summed E-state index contributed by atoms with van der Waals surface area (Å²) in [6.45, 7) is 0. The van der Waals surface area contributed by atoms with Crippen molar-refractivity contribution in [3.8, 4) is 11.5 Å². The second-order valence-corrected chi connectivity index (χ2v) is 7.76. The summed E-state index contributed by atoms with van der Waals surface area (Å²) in [7, 11) is -3.56. The molecule has 0 heterocycles. The summed E-state index contributed by atoms with van der Waals surface area (Å²) in [5.74, 6) is 1.01. The Morgan fingerprint density at radius 1 is 0.708 bits per heavy atom. The maximum absolute atomic E-state index is 13.5. The number of hydrogen-bond acceptors (Lipinski definition) is 4. The second-order valence-electron chi connectivity index (χ2n) is 5.00. The summed E-state index contributed by atoms with van der Waals surface area (Å²) in [5, 5.41) is 0.521. The molecule has 0 aliphatic heterocycles. The summed E-state index contributed by atoms with van der Waals surface area (Å²) in [6, 6.07) is 25.5. The zero-order chi connectivity index (χ0) is 16.8. The Labute approximate surface area is 146 Å². The molecule has 0 saturated heterocycles. The van der Waals surface area contributed by atoms with Gasteiger partial charge >= 0.3 is 7.60 Å². The third-order valence-electron chi connectivity index (χ3n) is 3.33. The van der Waals surface area contributed by atoms with Crippen LogP contribution in [0, 0.1) is 0 Å². The van der Waals surface area contributed by atoms with E-state index in [1.165, 1.54) is 0 Å². The van der Waals surface area contributed by atoms with Crippen molar-refractivity contribution >= 4 is 24.7 Å². The maximum Gasteiger partial charge on any atom is 0.462 e. The molecule has 0 aliphatic rings. The molecule has 0 N–H and O–H groups in total. The lowest BCUT2D eigenvalue weighted by Crippen LogP contribution is -2.14. The topological polar surface area (TPSA) is 35.5 Å². The molecule has 0 bridgehead atoms. The van der Waals surface area contributed by atoms with E-state index in [0.29, 0.717) is 16.8 Å². The number of thioether (sulfide) groups is 1. The molecular formula is C19H17O3PS. The molecule has 3 aromatic carbocycles. The molecule has 122 valence electrons. The molecular weight excluding hydrogens is 339 g/mol. The van der Waals surface area contributed by atoms with Crippen LogP contribution in [0.4, 0.5) is 0 Å². The fraction of sp³-hybridized carbons (Fsp3) is 0.0526. The van der Waals surface area contributed by atoms with Gasteiger partial charge in [0.1, 0.15) is 11.5 Å². The van der Waals surface area contributed by atoms with Crippen molar-refractivity contribution in [1.29, 1.82) is 0 Å². The molecule has 0 spiro atoms. The van der Waals surface area contributed by atoms with Gasteiger partial charge in [-0.05, 0) is 54.8 Å². The fourth-order valence-electron chi connectivity index (χ4n) is 2.13.